The monoisotopic (exact) mass is 299 g/mol. The first kappa shape index (κ1) is 15.8. The molecule has 0 aliphatic heterocycles. The zero-order valence-electron chi connectivity index (χ0n) is 12.0. The van der Waals surface area contributed by atoms with Crippen LogP contribution in [0.5, 0.6) is 0 Å². The lowest BCUT2D eigenvalue weighted by atomic mass is 10.1. The molecule has 2 aromatic rings. The second kappa shape index (κ2) is 6.47. The first-order valence-corrected chi connectivity index (χ1v) is 7.15. The maximum Gasteiger partial charge on any atom is 0.389 e. The summed E-state index contributed by atoms with van der Waals surface area (Å²) in [6, 6.07) is 3.84. The fourth-order valence-corrected chi connectivity index (χ4v) is 2.41. The highest BCUT2D eigenvalue weighted by Crippen LogP contribution is 2.24. The lowest BCUT2D eigenvalue weighted by molar-refractivity contribution is -0.135. The van der Waals surface area contributed by atoms with E-state index in [1.54, 1.807) is 10.8 Å². The predicted octanol–water partition coefficient (Wildman–Crippen LogP) is 3.66. The third-order valence-electron chi connectivity index (χ3n) is 3.58. The summed E-state index contributed by atoms with van der Waals surface area (Å²) >= 11 is 0. The van der Waals surface area contributed by atoms with Crippen LogP contribution in [0, 0.1) is 0 Å². The Morgan fingerprint density at radius 3 is 2.81 bits per heavy atom. The molecule has 2 heterocycles. The van der Waals surface area contributed by atoms with Crippen molar-refractivity contribution in [1.82, 2.24) is 9.55 Å². The zero-order chi connectivity index (χ0) is 15.5. The standard InChI is InChI=1S/C15H20F3N3/c1-2-12(19)9-11-10-21(8-4-6-15(16,17)18)14-13(11)5-3-7-20-14/h3,5,7,10,12H,2,4,6,8-9,19H2,1H3. The van der Waals surface area contributed by atoms with Gasteiger partial charge in [0.1, 0.15) is 5.65 Å². The third-order valence-corrected chi connectivity index (χ3v) is 3.58. The maximum atomic E-state index is 12.3. The van der Waals surface area contributed by atoms with Crippen molar-refractivity contribution in [1.29, 1.82) is 0 Å². The van der Waals surface area contributed by atoms with E-state index in [2.05, 4.69) is 4.98 Å². The number of fused-ring (bicyclic) bond motifs is 1. The van der Waals surface area contributed by atoms with Crippen LogP contribution in [0.4, 0.5) is 13.2 Å². The Morgan fingerprint density at radius 2 is 2.14 bits per heavy atom. The summed E-state index contributed by atoms with van der Waals surface area (Å²) < 4.78 is 38.6. The van der Waals surface area contributed by atoms with Crippen molar-refractivity contribution >= 4 is 11.0 Å². The van der Waals surface area contributed by atoms with Crippen LogP contribution in [0.3, 0.4) is 0 Å². The van der Waals surface area contributed by atoms with Crippen molar-refractivity contribution in [2.75, 3.05) is 0 Å². The topological polar surface area (TPSA) is 43.8 Å². The molecule has 2 rings (SSSR count). The molecule has 6 heteroatoms. The molecular formula is C15H20F3N3. The quantitative estimate of drug-likeness (QED) is 0.884. The SMILES string of the molecule is CCC(N)Cc1cn(CCCC(F)(F)F)c2ncccc12. The number of hydrogen-bond donors (Lipinski definition) is 1. The van der Waals surface area contributed by atoms with E-state index in [0.717, 1.165) is 23.0 Å². The fraction of sp³-hybridized carbons (Fsp3) is 0.533. The van der Waals surface area contributed by atoms with Crippen LogP contribution >= 0.6 is 0 Å². The van der Waals surface area contributed by atoms with Crippen LogP contribution in [0.2, 0.25) is 0 Å². The number of alkyl halides is 3. The van der Waals surface area contributed by atoms with Gasteiger partial charge in [0.2, 0.25) is 0 Å². The van der Waals surface area contributed by atoms with E-state index in [1.165, 1.54) is 0 Å². The Labute approximate surface area is 122 Å². The molecule has 1 unspecified atom stereocenters. The average molecular weight is 299 g/mol. The third kappa shape index (κ3) is 4.20. The molecule has 0 fully saturated rings. The number of nitrogens with zero attached hydrogens (tertiary/aromatic N) is 2. The number of aromatic nitrogens is 2. The van der Waals surface area contributed by atoms with Gasteiger partial charge in [0, 0.05) is 36.8 Å². The molecule has 0 amide bonds. The molecular weight excluding hydrogens is 279 g/mol. The number of pyridine rings is 1. The van der Waals surface area contributed by atoms with Gasteiger partial charge in [-0.3, -0.25) is 0 Å². The first-order chi connectivity index (χ1) is 9.90. The van der Waals surface area contributed by atoms with Crippen LogP contribution in [0.15, 0.2) is 24.5 Å². The summed E-state index contributed by atoms with van der Waals surface area (Å²) in [5, 5.41) is 0.980. The van der Waals surface area contributed by atoms with Crippen LogP contribution in [0.1, 0.15) is 31.7 Å². The zero-order valence-corrected chi connectivity index (χ0v) is 12.0. The van der Waals surface area contributed by atoms with Crippen molar-refractivity contribution < 1.29 is 13.2 Å². The molecule has 1 atom stereocenters. The van der Waals surface area contributed by atoms with Gasteiger partial charge in [-0.05, 0) is 37.0 Å². The number of nitrogens with two attached hydrogens (primary N) is 1. The summed E-state index contributed by atoms with van der Waals surface area (Å²) in [6.07, 6.45) is 0.303. The van der Waals surface area contributed by atoms with Gasteiger partial charge >= 0.3 is 6.18 Å². The van der Waals surface area contributed by atoms with Crippen molar-refractivity contribution in [3.8, 4) is 0 Å². The largest absolute Gasteiger partial charge is 0.389 e. The number of hydrogen-bond acceptors (Lipinski definition) is 2. The Balaban J connectivity index is 2.19. The molecule has 21 heavy (non-hydrogen) atoms. The molecule has 0 bridgehead atoms. The molecule has 0 aromatic carbocycles. The van der Waals surface area contributed by atoms with Gasteiger partial charge in [-0.1, -0.05) is 6.92 Å². The van der Waals surface area contributed by atoms with E-state index < -0.39 is 12.6 Å². The lowest BCUT2D eigenvalue weighted by Gasteiger charge is -2.07. The molecule has 0 aliphatic carbocycles. The molecule has 0 radical (unpaired) electrons. The molecule has 0 aliphatic rings. The van der Waals surface area contributed by atoms with Crippen LogP contribution in [0.25, 0.3) is 11.0 Å². The molecule has 0 saturated carbocycles. The van der Waals surface area contributed by atoms with Gasteiger partial charge in [0.05, 0.1) is 0 Å². The summed E-state index contributed by atoms with van der Waals surface area (Å²) in [6.45, 7) is 2.33. The van der Waals surface area contributed by atoms with Gasteiger partial charge in [0.15, 0.2) is 0 Å². The van der Waals surface area contributed by atoms with E-state index in [0.29, 0.717) is 13.0 Å². The highest BCUT2D eigenvalue weighted by molar-refractivity contribution is 5.80. The highest BCUT2D eigenvalue weighted by atomic mass is 19.4. The highest BCUT2D eigenvalue weighted by Gasteiger charge is 2.26. The van der Waals surface area contributed by atoms with Crippen molar-refractivity contribution in [2.24, 2.45) is 5.73 Å². The molecule has 0 spiro atoms. The average Bonchev–Trinajstić information content (AvgIpc) is 2.76. The summed E-state index contributed by atoms with van der Waals surface area (Å²) in [5.41, 5.74) is 7.77. The Kier molecular flexibility index (Phi) is 4.88. The van der Waals surface area contributed by atoms with E-state index in [9.17, 15) is 13.2 Å². The number of rotatable bonds is 6. The molecule has 2 N–H and O–H groups in total. The van der Waals surface area contributed by atoms with Gasteiger partial charge < -0.3 is 10.3 Å². The second-order valence-electron chi connectivity index (χ2n) is 5.31. The van der Waals surface area contributed by atoms with Crippen LogP contribution in [-0.4, -0.2) is 21.8 Å². The van der Waals surface area contributed by atoms with Gasteiger partial charge in [-0.2, -0.15) is 13.2 Å². The smallest absolute Gasteiger partial charge is 0.332 e. The Morgan fingerprint density at radius 1 is 1.38 bits per heavy atom. The summed E-state index contributed by atoms with van der Waals surface area (Å²) in [7, 11) is 0. The molecule has 0 saturated heterocycles. The van der Waals surface area contributed by atoms with Gasteiger partial charge in [-0.15, -0.1) is 0 Å². The van der Waals surface area contributed by atoms with E-state index >= 15 is 0 Å². The van der Waals surface area contributed by atoms with E-state index in [1.807, 2.05) is 25.3 Å². The minimum absolute atomic E-state index is 0.0550. The van der Waals surface area contributed by atoms with Gasteiger partial charge in [-0.25, -0.2) is 4.98 Å². The van der Waals surface area contributed by atoms with Crippen molar-refractivity contribution in [3.63, 3.8) is 0 Å². The minimum Gasteiger partial charge on any atom is -0.332 e. The predicted molar refractivity (Wildman–Crippen MR) is 77.0 cm³/mol. The Bertz CT molecular complexity index is 589. The van der Waals surface area contributed by atoms with Crippen LogP contribution in [-0.2, 0) is 13.0 Å². The number of halogens is 3. The van der Waals surface area contributed by atoms with E-state index in [4.69, 9.17) is 5.73 Å². The Hall–Kier alpha value is -1.56. The van der Waals surface area contributed by atoms with Gasteiger partial charge in [0.25, 0.3) is 0 Å². The summed E-state index contributed by atoms with van der Waals surface area (Å²) in [5.74, 6) is 0. The molecule has 116 valence electrons. The fourth-order valence-electron chi connectivity index (χ4n) is 2.41. The van der Waals surface area contributed by atoms with E-state index in [-0.39, 0.29) is 12.5 Å². The number of aryl methyl sites for hydroxylation is 1. The summed E-state index contributed by atoms with van der Waals surface area (Å²) in [4.78, 5) is 4.29. The van der Waals surface area contributed by atoms with Crippen LogP contribution < -0.4 is 5.73 Å². The lowest BCUT2D eigenvalue weighted by Crippen LogP contribution is -2.21. The molecule has 3 nitrogen and oxygen atoms in total. The van der Waals surface area contributed by atoms with Crippen molar-refractivity contribution in [3.05, 3.63) is 30.1 Å². The second-order valence-corrected chi connectivity index (χ2v) is 5.31. The minimum atomic E-state index is -4.11. The first-order valence-electron chi connectivity index (χ1n) is 7.15. The van der Waals surface area contributed by atoms with Crippen molar-refractivity contribution in [2.45, 2.75) is 51.4 Å². The normalized spacial score (nSPS) is 13.8. The molecule has 2 aromatic heterocycles. The maximum absolute atomic E-state index is 12.3.